The van der Waals surface area contributed by atoms with Gasteiger partial charge in [0.25, 0.3) is 10.0 Å². The predicted octanol–water partition coefficient (Wildman–Crippen LogP) is 5.94. The molecule has 1 N–H and O–H groups in total. The lowest BCUT2D eigenvalue weighted by atomic mass is 10.1. The summed E-state index contributed by atoms with van der Waals surface area (Å²) in [6, 6.07) is 19.5. The van der Waals surface area contributed by atoms with Gasteiger partial charge in [0, 0.05) is 22.6 Å². The molecule has 39 heavy (non-hydrogen) atoms. The molecule has 10 heteroatoms. The molecule has 3 rings (SSSR count). The number of halogens is 2. The molecule has 0 heterocycles. The lowest BCUT2D eigenvalue weighted by molar-refractivity contribution is -0.139. The molecule has 0 spiro atoms. The Hall–Kier alpha value is -2.88. The van der Waals surface area contributed by atoms with Gasteiger partial charge in [0.1, 0.15) is 12.6 Å². The Labute approximate surface area is 244 Å². The molecule has 3 aromatic carbocycles. The van der Waals surface area contributed by atoms with Crippen molar-refractivity contribution in [3.8, 4) is 0 Å². The lowest BCUT2D eigenvalue weighted by Gasteiger charge is -2.32. The molecule has 0 fully saturated rings. The Morgan fingerprint density at radius 3 is 2.38 bits per heavy atom. The molecule has 0 aromatic heterocycles. The third-order valence-electron chi connectivity index (χ3n) is 6.36. The number of sulfonamides is 1. The van der Waals surface area contributed by atoms with Crippen LogP contribution in [0.2, 0.25) is 5.02 Å². The van der Waals surface area contributed by atoms with Crippen molar-refractivity contribution in [2.45, 2.75) is 51.1 Å². The molecule has 0 unspecified atom stereocenters. The van der Waals surface area contributed by atoms with E-state index in [2.05, 4.69) is 21.2 Å². The molecular formula is C29H33BrClN3O4S. The fourth-order valence-electron chi connectivity index (χ4n) is 4.05. The highest BCUT2D eigenvalue weighted by atomic mass is 79.9. The first kappa shape index (κ1) is 30.7. The van der Waals surface area contributed by atoms with E-state index in [9.17, 15) is 18.0 Å². The number of anilines is 1. The van der Waals surface area contributed by atoms with Gasteiger partial charge in [-0.25, -0.2) is 8.42 Å². The Kier molecular flexibility index (Phi) is 11.0. The smallest absolute Gasteiger partial charge is 0.264 e. The van der Waals surface area contributed by atoms with Gasteiger partial charge in [-0.15, -0.1) is 0 Å². The molecule has 0 radical (unpaired) electrons. The Bertz CT molecular complexity index is 1400. The van der Waals surface area contributed by atoms with Gasteiger partial charge in [0.2, 0.25) is 11.8 Å². The molecule has 0 aliphatic carbocycles. The van der Waals surface area contributed by atoms with Crippen LogP contribution >= 0.6 is 27.5 Å². The minimum absolute atomic E-state index is 0.0427. The van der Waals surface area contributed by atoms with E-state index in [-0.39, 0.29) is 17.3 Å². The number of amides is 2. The number of nitrogens with one attached hydrogen (secondary N) is 1. The van der Waals surface area contributed by atoms with E-state index >= 15 is 0 Å². The molecule has 0 bridgehead atoms. The zero-order chi connectivity index (χ0) is 28.6. The third kappa shape index (κ3) is 7.84. The summed E-state index contributed by atoms with van der Waals surface area (Å²) in [6.07, 6.45) is 1.73. The van der Waals surface area contributed by atoms with Crippen molar-refractivity contribution in [1.82, 2.24) is 10.2 Å². The fourth-order valence-corrected chi connectivity index (χ4v) is 6.16. The number of hydrogen-bond donors (Lipinski definition) is 1. The second-order valence-electron chi connectivity index (χ2n) is 9.18. The van der Waals surface area contributed by atoms with E-state index in [0.29, 0.717) is 22.8 Å². The van der Waals surface area contributed by atoms with E-state index in [4.69, 9.17) is 11.6 Å². The largest absolute Gasteiger partial charge is 0.354 e. The third-order valence-corrected chi connectivity index (χ3v) is 9.03. The van der Waals surface area contributed by atoms with E-state index in [1.165, 1.54) is 17.0 Å². The Morgan fingerprint density at radius 2 is 1.72 bits per heavy atom. The van der Waals surface area contributed by atoms with E-state index in [0.717, 1.165) is 27.2 Å². The number of unbranched alkanes of at least 4 members (excludes halogenated alkanes) is 1. The average molecular weight is 635 g/mol. The molecule has 0 saturated carbocycles. The van der Waals surface area contributed by atoms with Gasteiger partial charge < -0.3 is 10.2 Å². The Balaban J connectivity index is 2.03. The van der Waals surface area contributed by atoms with E-state index in [1.54, 1.807) is 50.2 Å². The van der Waals surface area contributed by atoms with Gasteiger partial charge in [-0.2, -0.15) is 0 Å². The molecule has 7 nitrogen and oxygen atoms in total. The molecule has 1 atom stereocenters. The molecule has 0 saturated heterocycles. The minimum atomic E-state index is -4.15. The molecule has 0 aliphatic heterocycles. The quantitative estimate of drug-likeness (QED) is 0.250. The van der Waals surface area contributed by atoms with Gasteiger partial charge in [0.15, 0.2) is 0 Å². The number of hydrogen-bond acceptors (Lipinski definition) is 4. The van der Waals surface area contributed by atoms with E-state index < -0.39 is 28.5 Å². The predicted molar refractivity (Wildman–Crippen MR) is 159 cm³/mol. The number of carbonyl (C=O) groups excluding carboxylic acids is 2. The monoisotopic (exact) mass is 633 g/mol. The lowest BCUT2D eigenvalue weighted by Crippen LogP contribution is -2.51. The van der Waals surface area contributed by atoms with Crippen LogP contribution in [-0.2, 0) is 26.2 Å². The van der Waals surface area contributed by atoms with Crippen LogP contribution in [-0.4, -0.2) is 44.3 Å². The van der Waals surface area contributed by atoms with Crippen LogP contribution in [0.4, 0.5) is 5.69 Å². The Morgan fingerprint density at radius 1 is 1.03 bits per heavy atom. The summed E-state index contributed by atoms with van der Waals surface area (Å²) in [5.41, 5.74) is 1.61. The molecule has 0 aliphatic rings. The second-order valence-corrected chi connectivity index (χ2v) is 12.4. The van der Waals surface area contributed by atoms with Crippen LogP contribution in [0.1, 0.15) is 37.8 Å². The first-order valence-electron chi connectivity index (χ1n) is 12.7. The van der Waals surface area contributed by atoms with Crippen LogP contribution in [0.15, 0.2) is 82.2 Å². The van der Waals surface area contributed by atoms with Gasteiger partial charge in [-0.3, -0.25) is 13.9 Å². The maximum Gasteiger partial charge on any atom is 0.264 e. The van der Waals surface area contributed by atoms with Gasteiger partial charge in [0.05, 0.1) is 10.6 Å². The van der Waals surface area contributed by atoms with Crippen LogP contribution < -0.4 is 9.62 Å². The standard InChI is InChI=1S/C29H33BrClN3O4S/c1-4-5-17-32-29(36)22(3)33(19-23-11-9-12-24(30)18-23)28(35)20-34(27-16-10-15-26(31)21(27)2)39(37,38)25-13-7-6-8-14-25/h6-16,18,22H,4-5,17,19-20H2,1-3H3,(H,32,36)/t22-/m0/s1. The summed E-state index contributed by atoms with van der Waals surface area (Å²) in [6.45, 7) is 5.48. The van der Waals surface area contributed by atoms with Crippen molar-refractivity contribution < 1.29 is 18.0 Å². The van der Waals surface area contributed by atoms with Crippen molar-refractivity contribution in [3.63, 3.8) is 0 Å². The first-order chi connectivity index (χ1) is 18.6. The average Bonchev–Trinajstić information content (AvgIpc) is 2.92. The molecular weight excluding hydrogens is 602 g/mol. The molecule has 2 amide bonds. The van der Waals surface area contributed by atoms with Gasteiger partial charge in [-0.1, -0.05) is 77.3 Å². The number of benzene rings is 3. The summed E-state index contributed by atoms with van der Waals surface area (Å²) in [4.78, 5) is 28.4. The number of carbonyl (C=O) groups is 2. The van der Waals surface area contributed by atoms with Crippen molar-refractivity contribution in [3.05, 3.63) is 93.4 Å². The zero-order valence-electron chi connectivity index (χ0n) is 22.2. The number of nitrogens with zero attached hydrogens (tertiary/aromatic N) is 2. The maximum absolute atomic E-state index is 14.0. The first-order valence-corrected chi connectivity index (χ1v) is 15.3. The highest BCUT2D eigenvalue weighted by Gasteiger charge is 2.33. The molecule has 3 aromatic rings. The summed E-state index contributed by atoms with van der Waals surface area (Å²) < 4.78 is 29.6. The van der Waals surface area contributed by atoms with Crippen molar-refractivity contribution >= 4 is 55.1 Å². The number of rotatable bonds is 12. The van der Waals surface area contributed by atoms with Gasteiger partial charge in [-0.05, 0) is 67.8 Å². The van der Waals surface area contributed by atoms with Crippen LogP contribution in [0.25, 0.3) is 0 Å². The van der Waals surface area contributed by atoms with Crippen molar-refractivity contribution in [1.29, 1.82) is 0 Å². The summed E-state index contributed by atoms with van der Waals surface area (Å²) >= 11 is 9.81. The normalized spacial score (nSPS) is 12.0. The highest BCUT2D eigenvalue weighted by molar-refractivity contribution is 9.10. The summed E-state index contributed by atoms with van der Waals surface area (Å²) in [5.74, 6) is -0.824. The fraction of sp³-hybridized carbons (Fsp3) is 0.310. The van der Waals surface area contributed by atoms with Crippen molar-refractivity contribution in [2.75, 3.05) is 17.4 Å². The van der Waals surface area contributed by atoms with Crippen LogP contribution in [0.3, 0.4) is 0 Å². The minimum Gasteiger partial charge on any atom is -0.354 e. The maximum atomic E-state index is 14.0. The van der Waals surface area contributed by atoms with Crippen LogP contribution in [0.5, 0.6) is 0 Å². The topological polar surface area (TPSA) is 86.8 Å². The molecule has 208 valence electrons. The second kappa shape index (κ2) is 14.0. The van der Waals surface area contributed by atoms with Crippen molar-refractivity contribution in [2.24, 2.45) is 0 Å². The van der Waals surface area contributed by atoms with E-state index in [1.807, 2.05) is 31.2 Å². The van der Waals surface area contributed by atoms with Gasteiger partial charge >= 0.3 is 0 Å². The summed E-state index contributed by atoms with van der Waals surface area (Å²) in [5, 5.41) is 3.26. The highest BCUT2D eigenvalue weighted by Crippen LogP contribution is 2.31. The SMILES string of the molecule is CCCCNC(=O)[C@H](C)N(Cc1cccc(Br)c1)C(=O)CN(c1cccc(Cl)c1C)S(=O)(=O)c1ccccc1. The zero-order valence-corrected chi connectivity index (χ0v) is 25.4. The van der Waals surface area contributed by atoms with Crippen LogP contribution in [0, 0.1) is 6.92 Å². The summed E-state index contributed by atoms with van der Waals surface area (Å²) in [7, 11) is -4.15.